The van der Waals surface area contributed by atoms with Crippen LogP contribution in [0.15, 0.2) is 18.2 Å². The Balaban J connectivity index is 3.00. The highest BCUT2D eigenvalue weighted by molar-refractivity contribution is 7.92. The van der Waals surface area contributed by atoms with Gasteiger partial charge in [0.1, 0.15) is 5.75 Å². The molecule has 0 bridgehead atoms. The molecular formula is C15H23ClN2O4S. The van der Waals surface area contributed by atoms with Gasteiger partial charge in [0.05, 0.1) is 19.1 Å². The van der Waals surface area contributed by atoms with Crippen LogP contribution in [-0.2, 0) is 14.8 Å². The Morgan fingerprint density at radius 1 is 1.43 bits per heavy atom. The van der Waals surface area contributed by atoms with Gasteiger partial charge in [-0.25, -0.2) is 8.42 Å². The lowest BCUT2D eigenvalue weighted by atomic mass is 10.2. The van der Waals surface area contributed by atoms with E-state index in [9.17, 15) is 13.2 Å². The first-order valence-electron chi connectivity index (χ1n) is 7.29. The summed E-state index contributed by atoms with van der Waals surface area (Å²) in [6, 6.07) is 4.76. The number of carbonyl (C=O) groups excluding carboxylic acids is 1. The van der Waals surface area contributed by atoms with Gasteiger partial charge in [-0.15, -0.1) is 0 Å². The van der Waals surface area contributed by atoms with Crippen LogP contribution in [-0.4, -0.2) is 40.3 Å². The van der Waals surface area contributed by atoms with E-state index >= 15 is 0 Å². The zero-order valence-corrected chi connectivity index (χ0v) is 15.4. The quantitative estimate of drug-likeness (QED) is 0.770. The lowest BCUT2D eigenvalue weighted by molar-refractivity contribution is -0.121. The van der Waals surface area contributed by atoms with Gasteiger partial charge in [-0.2, -0.15) is 0 Å². The molecule has 0 fully saturated rings. The van der Waals surface area contributed by atoms with E-state index in [1.807, 2.05) is 13.8 Å². The highest BCUT2D eigenvalue weighted by Gasteiger charge is 2.22. The minimum atomic E-state index is -3.58. The van der Waals surface area contributed by atoms with Crippen molar-refractivity contribution in [2.45, 2.75) is 32.7 Å². The van der Waals surface area contributed by atoms with E-state index in [1.165, 1.54) is 13.2 Å². The summed E-state index contributed by atoms with van der Waals surface area (Å²) in [5.41, 5.74) is 0.318. The van der Waals surface area contributed by atoms with Gasteiger partial charge in [0.25, 0.3) is 0 Å². The Labute approximate surface area is 142 Å². The third-order valence-electron chi connectivity index (χ3n) is 3.37. The number of carbonyl (C=O) groups is 1. The van der Waals surface area contributed by atoms with E-state index in [0.717, 1.165) is 17.0 Å². The summed E-state index contributed by atoms with van der Waals surface area (Å²) < 4.78 is 30.5. The van der Waals surface area contributed by atoms with Crippen molar-refractivity contribution in [1.29, 1.82) is 0 Å². The number of nitrogens with zero attached hydrogens (tertiary/aromatic N) is 1. The average molecular weight is 363 g/mol. The highest BCUT2D eigenvalue weighted by atomic mass is 35.5. The molecule has 6 nitrogen and oxygen atoms in total. The molecule has 1 amide bonds. The average Bonchev–Trinajstić information content (AvgIpc) is 2.46. The summed E-state index contributed by atoms with van der Waals surface area (Å²) in [6.07, 6.45) is 1.94. The summed E-state index contributed by atoms with van der Waals surface area (Å²) in [5.74, 6) is 0.177. The third-order valence-corrected chi connectivity index (χ3v) is 4.79. The van der Waals surface area contributed by atoms with Crippen molar-refractivity contribution < 1.29 is 17.9 Å². The molecule has 0 saturated heterocycles. The minimum Gasteiger partial charge on any atom is -0.495 e. The zero-order chi connectivity index (χ0) is 17.6. The van der Waals surface area contributed by atoms with Crippen molar-refractivity contribution in [2.75, 3.05) is 24.2 Å². The van der Waals surface area contributed by atoms with E-state index in [0.29, 0.717) is 16.5 Å². The molecule has 130 valence electrons. The van der Waals surface area contributed by atoms with Crippen LogP contribution in [0, 0.1) is 0 Å². The van der Waals surface area contributed by atoms with Crippen LogP contribution in [0.1, 0.15) is 26.7 Å². The van der Waals surface area contributed by atoms with E-state index in [-0.39, 0.29) is 24.9 Å². The topological polar surface area (TPSA) is 75.7 Å². The molecule has 1 rings (SSSR count). The number of rotatable bonds is 8. The van der Waals surface area contributed by atoms with Crippen LogP contribution in [0.3, 0.4) is 0 Å². The molecule has 0 radical (unpaired) electrons. The van der Waals surface area contributed by atoms with Gasteiger partial charge < -0.3 is 10.1 Å². The Morgan fingerprint density at radius 2 is 2.09 bits per heavy atom. The molecular weight excluding hydrogens is 340 g/mol. The van der Waals surface area contributed by atoms with Crippen LogP contribution in [0.2, 0.25) is 5.02 Å². The number of ether oxygens (including phenoxy) is 1. The fourth-order valence-corrected chi connectivity index (χ4v) is 3.06. The van der Waals surface area contributed by atoms with Crippen LogP contribution in [0.5, 0.6) is 5.75 Å². The molecule has 23 heavy (non-hydrogen) atoms. The number of sulfonamides is 1. The van der Waals surface area contributed by atoms with Gasteiger partial charge in [0.15, 0.2) is 0 Å². The number of anilines is 1. The van der Waals surface area contributed by atoms with Crippen LogP contribution in [0.4, 0.5) is 5.69 Å². The Morgan fingerprint density at radius 3 is 2.61 bits per heavy atom. The number of halogens is 1. The summed E-state index contributed by atoms with van der Waals surface area (Å²) in [4.78, 5) is 11.9. The zero-order valence-electron chi connectivity index (χ0n) is 13.8. The van der Waals surface area contributed by atoms with E-state index in [2.05, 4.69) is 5.32 Å². The molecule has 1 aromatic carbocycles. The SMILES string of the molecule is CCC(C)NC(=O)CCN(c1cc(Cl)ccc1OC)S(C)(=O)=O. The lowest BCUT2D eigenvalue weighted by Crippen LogP contribution is -2.37. The molecule has 1 atom stereocenters. The van der Waals surface area contributed by atoms with Crippen LogP contribution >= 0.6 is 11.6 Å². The largest absolute Gasteiger partial charge is 0.495 e. The number of methoxy groups -OCH3 is 1. The maximum atomic E-state index is 12.1. The number of hydrogen-bond donors (Lipinski definition) is 1. The molecule has 0 aliphatic rings. The Bertz CT molecular complexity index is 649. The second-order valence-electron chi connectivity index (χ2n) is 5.28. The third kappa shape index (κ3) is 5.91. The molecule has 1 unspecified atom stereocenters. The van der Waals surface area contributed by atoms with Crippen LogP contribution in [0.25, 0.3) is 0 Å². The summed E-state index contributed by atoms with van der Waals surface area (Å²) in [5, 5.41) is 3.20. The standard InChI is InChI=1S/C15H23ClN2O4S/c1-5-11(2)17-15(19)8-9-18(23(4,20)21)13-10-12(16)6-7-14(13)22-3/h6-7,10-11H,5,8-9H2,1-4H3,(H,17,19). The molecule has 0 aromatic heterocycles. The number of amides is 1. The molecule has 0 spiro atoms. The van der Waals surface area contributed by atoms with Gasteiger partial charge in [0.2, 0.25) is 15.9 Å². The molecule has 0 saturated carbocycles. The van der Waals surface area contributed by atoms with Gasteiger partial charge in [-0.3, -0.25) is 9.10 Å². The molecule has 0 aliphatic carbocycles. The van der Waals surface area contributed by atoms with Crippen molar-refractivity contribution in [3.63, 3.8) is 0 Å². The van der Waals surface area contributed by atoms with Crippen LogP contribution < -0.4 is 14.4 Å². The second-order valence-corrected chi connectivity index (χ2v) is 7.62. The van der Waals surface area contributed by atoms with Gasteiger partial charge in [-0.05, 0) is 31.5 Å². The summed E-state index contributed by atoms with van der Waals surface area (Å²) in [7, 11) is -2.14. The second kappa shape index (κ2) is 8.40. The molecule has 8 heteroatoms. The normalized spacial score (nSPS) is 12.6. The van der Waals surface area contributed by atoms with E-state index in [1.54, 1.807) is 12.1 Å². The van der Waals surface area contributed by atoms with Gasteiger partial charge in [-0.1, -0.05) is 18.5 Å². The first kappa shape index (κ1) is 19.6. The van der Waals surface area contributed by atoms with Crippen molar-refractivity contribution in [2.24, 2.45) is 0 Å². The smallest absolute Gasteiger partial charge is 0.232 e. The minimum absolute atomic E-state index is 0.0117. The molecule has 0 aliphatic heterocycles. The van der Waals surface area contributed by atoms with E-state index < -0.39 is 10.0 Å². The van der Waals surface area contributed by atoms with Gasteiger partial charge in [0, 0.05) is 24.0 Å². The predicted octanol–water partition coefficient (Wildman–Crippen LogP) is 2.42. The predicted molar refractivity (Wildman–Crippen MR) is 92.7 cm³/mol. The maximum Gasteiger partial charge on any atom is 0.232 e. The summed E-state index contributed by atoms with van der Waals surface area (Å²) >= 11 is 5.96. The number of benzene rings is 1. The van der Waals surface area contributed by atoms with E-state index in [4.69, 9.17) is 16.3 Å². The molecule has 1 aromatic rings. The Hall–Kier alpha value is -1.47. The first-order valence-corrected chi connectivity index (χ1v) is 9.52. The first-order chi connectivity index (χ1) is 10.7. The fraction of sp³-hybridized carbons (Fsp3) is 0.533. The summed E-state index contributed by atoms with van der Waals surface area (Å²) in [6.45, 7) is 3.87. The molecule has 1 N–H and O–H groups in total. The Kier molecular flexibility index (Phi) is 7.15. The fourth-order valence-electron chi connectivity index (χ4n) is 1.98. The monoisotopic (exact) mass is 362 g/mol. The van der Waals surface area contributed by atoms with Crippen molar-refractivity contribution in [3.8, 4) is 5.75 Å². The number of nitrogens with one attached hydrogen (secondary N) is 1. The lowest BCUT2D eigenvalue weighted by Gasteiger charge is -2.24. The van der Waals surface area contributed by atoms with Gasteiger partial charge >= 0.3 is 0 Å². The molecule has 0 heterocycles. The maximum absolute atomic E-state index is 12.1. The number of hydrogen-bond acceptors (Lipinski definition) is 4. The highest BCUT2D eigenvalue weighted by Crippen LogP contribution is 2.32. The van der Waals surface area contributed by atoms with Crippen molar-refractivity contribution in [3.05, 3.63) is 23.2 Å². The van der Waals surface area contributed by atoms with Crippen molar-refractivity contribution in [1.82, 2.24) is 5.32 Å². The van der Waals surface area contributed by atoms with Crippen molar-refractivity contribution >= 4 is 33.2 Å².